The molecular weight excluding hydrogens is 448 g/mol. The van der Waals surface area contributed by atoms with E-state index in [1.165, 1.54) is 28.8 Å². The maximum absolute atomic E-state index is 12.6. The molecule has 33 heavy (non-hydrogen) atoms. The van der Waals surface area contributed by atoms with E-state index < -0.39 is 21.3 Å². The van der Waals surface area contributed by atoms with Gasteiger partial charge in [-0.05, 0) is 36.1 Å². The third kappa shape index (κ3) is 7.19. The van der Waals surface area contributed by atoms with Crippen LogP contribution in [0.1, 0.15) is 34.1 Å². The van der Waals surface area contributed by atoms with Gasteiger partial charge >= 0.3 is 5.69 Å². The van der Waals surface area contributed by atoms with E-state index in [1.54, 1.807) is 4.90 Å². The van der Waals surface area contributed by atoms with Crippen molar-refractivity contribution in [2.75, 3.05) is 29.0 Å². The van der Waals surface area contributed by atoms with Crippen molar-refractivity contribution in [1.29, 1.82) is 0 Å². The number of primary sulfonamides is 1. The van der Waals surface area contributed by atoms with Crippen LogP contribution in [0.2, 0.25) is 0 Å². The van der Waals surface area contributed by atoms with Crippen LogP contribution in [-0.2, 0) is 21.4 Å². The number of nitrogens with two attached hydrogens (primary N) is 2. The highest BCUT2D eigenvalue weighted by Crippen LogP contribution is 2.20. The van der Waals surface area contributed by atoms with Gasteiger partial charge in [-0.1, -0.05) is 27.7 Å². The number of amides is 1. The third-order valence-corrected chi connectivity index (χ3v) is 5.67. The van der Waals surface area contributed by atoms with Crippen molar-refractivity contribution in [2.45, 2.75) is 45.6 Å². The molecule has 0 radical (unpaired) electrons. The Bertz CT molecular complexity index is 1200. The van der Waals surface area contributed by atoms with Crippen molar-refractivity contribution in [3.63, 3.8) is 0 Å². The molecular formula is C21H32N6O5S. The van der Waals surface area contributed by atoms with E-state index in [9.17, 15) is 22.8 Å². The summed E-state index contributed by atoms with van der Waals surface area (Å²) in [4.78, 5) is 41.3. The number of rotatable bonds is 10. The molecule has 0 atom stereocenters. The number of carbonyl (C=O) groups excluding carboxylic acids is 1. The van der Waals surface area contributed by atoms with Gasteiger partial charge in [0.25, 0.3) is 5.56 Å². The zero-order valence-electron chi connectivity index (χ0n) is 19.3. The number of anilines is 3. The molecule has 0 saturated heterocycles. The molecule has 1 aromatic heterocycles. The van der Waals surface area contributed by atoms with Crippen LogP contribution >= 0.6 is 0 Å². The minimum Gasteiger partial charge on any atom is -0.383 e. The average Bonchev–Trinajstić information content (AvgIpc) is 2.68. The predicted molar refractivity (Wildman–Crippen MR) is 129 cm³/mol. The molecule has 11 nitrogen and oxygen atoms in total. The number of sulfonamides is 1. The van der Waals surface area contributed by atoms with Gasteiger partial charge in [-0.25, -0.2) is 18.4 Å². The van der Waals surface area contributed by atoms with Crippen molar-refractivity contribution in [3.8, 4) is 0 Å². The van der Waals surface area contributed by atoms with Gasteiger partial charge in [-0.3, -0.25) is 19.1 Å². The van der Waals surface area contributed by atoms with Crippen LogP contribution in [0.25, 0.3) is 0 Å². The molecule has 2 rings (SSSR count). The van der Waals surface area contributed by atoms with Crippen molar-refractivity contribution < 1.29 is 13.2 Å². The lowest BCUT2D eigenvalue weighted by molar-refractivity contribution is -0.116. The maximum atomic E-state index is 12.6. The van der Waals surface area contributed by atoms with E-state index in [0.29, 0.717) is 18.8 Å². The molecule has 6 N–H and O–H groups in total. The van der Waals surface area contributed by atoms with Gasteiger partial charge in [0.1, 0.15) is 11.5 Å². The van der Waals surface area contributed by atoms with Crippen LogP contribution in [0.15, 0.2) is 38.8 Å². The fraction of sp³-hybridized carbons (Fsp3) is 0.476. The second kappa shape index (κ2) is 10.7. The second-order valence-corrected chi connectivity index (χ2v) is 10.3. The van der Waals surface area contributed by atoms with Gasteiger partial charge in [0.15, 0.2) is 0 Å². The van der Waals surface area contributed by atoms with Crippen LogP contribution in [0.4, 0.5) is 17.2 Å². The Morgan fingerprint density at radius 2 is 1.73 bits per heavy atom. The Kier molecular flexibility index (Phi) is 8.45. The number of aromatic amines is 1. The molecule has 1 aromatic carbocycles. The molecule has 0 saturated carbocycles. The Labute approximate surface area is 192 Å². The second-order valence-electron chi connectivity index (χ2n) is 8.71. The van der Waals surface area contributed by atoms with Crippen molar-refractivity contribution in [3.05, 3.63) is 45.1 Å². The molecule has 1 heterocycles. The fourth-order valence-electron chi connectivity index (χ4n) is 3.35. The molecule has 0 unspecified atom stereocenters. The van der Waals surface area contributed by atoms with E-state index >= 15 is 0 Å². The summed E-state index contributed by atoms with van der Waals surface area (Å²) in [5, 5.41) is 7.76. The number of hydrogen-bond donors (Lipinski definition) is 4. The Hall–Kier alpha value is -3.12. The van der Waals surface area contributed by atoms with Gasteiger partial charge in [0.2, 0.25) is 15.9 Å². The van der Waals surface area contributed by atoms with Gasteiger partial charge < -0.3 is 16.0 Å². The molecule has 0 fully saturated rings. The average molecular weight is 481 g/mol. The molecule has 0 spiro atoms. The zero-order valence-corrected chi connectivity index (χ0v) is 20.1. The first-order valence-corrected chi connectivity index (χ1v) is 12.1. The van der Waals surface area contributed by atoms with Crippen molar-refractivity contribution >= 4 is 33.1 Å². The van der Waals surface area contributed by atoms with Crippen LogP contribution in [0, 0.1) is 11.8 Å². The summed E-state index contributed by atoms with van der Waals surface area (Å²) >= 11 is 0. The monoisotopic (exact) mass is 480 g/mol. The predicted octanol–water partition coefficient (Wildman–Crippen LogP) is 0.913. The molecule has 182 valence electrons. The van der Waals surface area contributed by atoms with Crippen molar-refractivity contribution in [2.24, 2.45) is 17.0 Å². The van der Waals surface area contributed by atoms with Crippen LogP contribution in [-0.4, -0.2) is 37.0 Å². The Morgan fingerprint density at radius 3 is 2.24 bits per heavy atom. The number of aromatic nitrogens is 2. The summed E-state index contributed by atoms with van der Waals surface area (Å²) in [5.41, 5.74) is 5.63. The highest BCUT2D eigenvalue weighted by Gasteiger charge is 2.21. The Balaban J connectivity index is 2.22. The topological polar surface area (TPSA) is 173 Å². The largest absolute Gasteiger partial charge is 0.383 e. The summed E-state index contributed by atoms with van der Waals surface area (Å²) in [6.07, 6.45) is 0.0336. The molecule has 2 aromatic rings. The van der Waals surface area contributed by atoms with Gasteiger partial charge in [0.05, 0.1) is 4.90 Å². The quantitative estimate of drug-likeness (QED) is 0.391. The summed E-state index contributed by atoms with van der Waals surface area (Å²) in [7, 11) is -3.82. The normalized spacial score (nSPS) is 11.7. The smallest absolute Gasteiger partial charge is 0.330 e. The standard InChI is InChI=1S/C21H32N6O5S/c1-13(2)11-26(18-19(22)27(12-14(3)4)21(30)25-20(18)29)10-9-17(28)24-15-5-7-16(8-6-15)33(23,31)32/h5-8,13-14H,9-12,22H2,1-4H3,(H,24,28)(H2,23,31,32)(H,25,29,30). The lowest BCUT2D eigenvalue weighted by Crippen LogP contribution is -2.41. The number of hydrogen-bond acceptors (Lipinski definition) is 7. The molecule has 0 aliphatic carbocycles. The fourth-order valence-corrected chi connectivity index (χ4v) is 3.87. The van der Waals surface area contributed by atoms with E-state index in [0.717, 1.165) is 0 Å². The summed E-state index contributed by atoms with van der Waals surface area (Å²) in [6.45, 7) is 8.78. The molecule has 0 bridgehead atoms. The van der Waals surface area contributed by atoms with Gasteiger partial charge in [-0.2, -0.15) is 0 Å². The summed E-state index contributed by atoms with van der Waals surface area (Å²) < 4.78 is 24.0. The SMILES string of the molecule is CC(C)CN(CCC(=O)Nc1ccc(S(N)(=O)=O)cc1)c1c(N)n(CC(C)C)c(=O)[nH]c1=O. The zero-order chi connectivity index (χ0) is 24.9. The molecule has 0 aliphatic heterocycles. The molecule has 0 aliphatic rings. The minimum absolute atomic E-state index is 0.0336. The van der Waals surface area contributed by atoms with Crippen LogP contribution in [0.5, 0.6) is 0 Å². The Morgan fingerprint density at radius 1 is 1.12 bits per heavy atom. The van der Waals surface area contributed by atoms with E-state index in [-0.39, 0.29) is 47.1 Å². The maximum Gasteiger partial charge on any atom is 0.330 e. The van der Waals surface area contributed by atoms with E-state index in [2.05, 4.69) is 10.3 Å². The first kappa shape index (κ1) is 26.1. The highest BCUT2D eigenvalue weighted by molar-refractivity contribution is 7.89. The number of H-pyrrole nitrogens is 1. The lowest BCUT2D eigenvalue weighted by Gasteiger charge is -2.28. The number of nitrogens with one attached hydrogen (secondary N) is 2. The van der Waals surface area contributed by atoms with Gasteiger partial charge in [-0.15, -0.1) is 0 Å². The number of nitrogens with zero attached hydrogens (tertiary/aromatic N) is 2. The summed E-state index contributed by atoms with van der Waals surface area (Å²) in [6, 6.07) is 5.48. The van der Waals surface area contributed by atoms with Crippen LogP contribution < -0.4 is 32.3 Å². The molecule has 12 heteroatoms. The minimum atomic E-state index is -3.82. The number of carbonyl (C=O) groups is 1. The van der Waals surface area contributed by atoms with Crippen LogP contribution in [0.3, 0.4) is 0 Å². The van der Waals surface area contributed by atoms with Crippen molar-refractivity contribution in [1.82, 2.24) is 9.55 Å². The highest BCUT2D eigenvalue weighted by atomic mass is 32.2. The number of benzene rings is 1. The first-order chi connectivity index (χ1) is 15.3. The van der Waals surface area contributed by atoms with E-state index in [4.69, 9.17) is 10.9 Å². The summed E-state index contributed by atoms with van der Waals surface area (Å²) in [5.74, 6) is 0.0199. The number of nitrogen functional groups attached to an aromatic ring is 1. The lowest BCUT2D eigenvalue weighted by atomic mass is 10.2. The third-order valence-electron chi connectivity index (χ3n) is 4.74. The molecule has 1 amide bonds. The van der Waals surface area contributed by atoms with E-state index in [1.807, 2.05) is 27.7 Å². The first-order valence-electron chi connectivity index (χ1n) is 10.6. The van der Waals surface area contributed by atoms with Gasteiger partial charge in [0, 0.05) is 31.7 Å².